The molecule has 1 radical (unpaired) electrons. The van der Waals surface area contributed by atoms with Gasteiger partial charge in [0, 0.05) is 12.4 Å². The van der Waals surface area contributed by atoms with Crippen molar-refractivity contribution < 1.29 is 0 Å². The molecule has 73 valence electrons. The van der Waals surface area contributed by atoms with E-state index in [2.05, 4.69) is 30.9 Å². The van der Waals surface area contributed by atoms with Gasteiger partial charge in [-0.1, -0.05) is 5.21 Å². The Balaban J connectivity index is 1.97. The van der Waals surface area contributed by atoms with Crippen molar-refractivity contribution in [2.75, 3.05) is 0 Å². The van der Waals surface area contributed by atoms with Gasteiger partial charge in [0.1, 0.15) is 6.34 Å². The molecule has 0 bridgehead atoms. The Labute approximate surface area is 83.9 Å². The highest BCUT2D eigenvalue weighted by Gasteiger charge is 2.09. The van der Waals surface area contributed by atoms with Crippen molar-refractivity contribution in [2.45, 2.75) is 0 Å². The third-order valence-electron chi connectivity index (χ3n) is 1.80. The first-order valence-electron chi connectivity index (χ1n) is 4.16. The molecule has 0 spiro atoms. The predicted octanol–water partition coefficient (Wildman–Crippen LogP) is -0.771. The lowest BCUT2D eigenvalue weighted by Crippen LogP contribution is -2.07. The highest BCUT2D eigenvalue weighted by atomic mass is 15.5. The van der Waals surface area contributed by atoms with E-state index in [0.29, 0.717) is 11.8 Å². The lowest BCUT2D eigenvalue weighted by atomic mass is 10.7. The molecule has 15 heavy (non-hydrogen) atoms. The summed E-state index contributed by atoms with van der Waals surface area (Å²) in [5.74, 6) is 0.991. The van der Waals surface area contributed by atoms with Gasteiger partial charge in [0.25, 0.3) is 5.96 Å². The van der Waals surface area contributed by atoms with Gasteiger partial charge < -0.3 is 0 Å². The Bertz CT molecular complexity index is 519. The van der Waals surface area contributed by atoms with E-state index in [1.165, 1.54) is 11.0 Å². The predicted molar refractivity (Wildman–Crippen MR) is 50.6 cm³/mol. The van der Waals surface area contributed by atoms with Crippen LogP contribution in [0.25, 0.3) is 5.82 Å². The summed E-state index contributed by atoms with van der Waals surface area (Å²) >= 11 is 0. The Morgan fingerprint density at radius 1 is 1.20 bits per heavy atom. The molecule has 2 aromatic heterocycles. The molecule has 0 amide bonds. The summed E-state index contributed by atoms with van der Waals surface area (Å²) in [5.41, 5.74) is 3.60. The average molecular weight is 201 g/mol. The number of aromatic nitrogens is 5. The van der Waals surface area contributed by atoms with E-state index in [1.807, 2.05) is 0 Å². The van der Waals surface area contributed by atoms with E-state index in [9.17, 15) is 0 Å². The summed E-state index contributed by atoms with van der Waals surface area (Å²) in [4.78, 5) is 3.89. The van der Waals surface area contributed by atoms with Crippen molar-refractivity contribution in [2.24, 2.45) is 10.1 Å². The van der Waals surface area contributed by atoms with Crippen LogP contribution < -0.4 is 5.43 Å². The zero-order valence-electron chi connectivity index (χ0n) is 7.46. The third-order valence-corrected chi connectivity index (χ3v) is 1.80. The quantitative estimate of drug-likeness (QED) is 0.606. The fourth-order valence-electron chi connectivity index (χ4n) is 1.15. The van der Waals surface area contributed by atoms with Gasteiger partial charge in [-0.3, -0.25) is 0 Å². The van der Waals surface area contributed by atoms with Crippen LogP contribution in [0.15, 0.2) is 34.8 Å². The van der Waals surface area contributed by atoms with Gasteiger partial charge in [-0.15, -0.1) is 15.6 Å². The van der Waals surface area contributed by atoms with Crippen LogP contribution in [0, 0.1) is 0 Å². The Morgan fingerprint density at radius 2 is 2.20 bits per heavy atom. The zero-order valence-corrected chi connectivity index (χ0v) is 7.46. The first-order chi connectivity index (χ1) is 7.43. The largest absolute Gasteiger partial charge is 0.273 e. The summed E-state index contributed by atoms with van der Waals surface area (Å²) in [6, 6.07) is 1.81. The fourth-order valence-corrected chi connectivity index (χ4v) is 1.15. The standard InChI is InChI=1S/C7H5N8/c1-2-10-14(3-1)6-4-15(13-11-6)7-8-5-9-12-7/h1-5H. The highest BCUT2D eigenvalue weighted by Crippen LogP contribution is 2.01. The smallest absolute Gasteiger partial charge is 0.220 e. The van der Waals surface area contributed by atoms with Crippen molar-refractivity contribution in [1.82, 2.24) is 30.2 Å². The van der Waals surface area contributed by atoms with Crippen LogP contribution in [0.2, 0.25) is 0 Å². The van der Waals surface area contributed by atoms with Crippen LogP contribution in [-0.2, 0) is 0 Å². The second kappa shape index (κ2) is 3.01. The molecule has 8 heteroatoms. The van der Waals surface area contributed by atoms with Crippen molar-refractivity contribution in [1.29, 1.82) is 0 Å². The van der Waals surface area contributed by atoms with Crippen LogP contribution in [0.5, 0.6) is 0 Å². The van der Waals surface area contributed by atoms with Crippen molar-refractivity contribution in [3.63, 3.8) is 0 Å². The number of hydrogen-bond acceptors (Lipinski definition) is 5. The summed E-state index contributed by atoms with van der Waals surface area (Å²) in [5, 5.41) is 15.6. The first kappa shape index (κ1) is 7.85. The molecule has 3 heterocycles. The maximum atomic E-state index is 4.03. The molecule has 0 aromatic carbocycles. The topological polar surface area (TPSA) is 87.3 Å². The zero-order chi connectivity index (χ0) is 10.1. The molecule has 0 N–H and O–H groups in total. The van der Waals surface area contributed by atoms with E-state index < -0.39 is 0 Å². The minimum atomic E-state index is 0.390. The van der Waals surface area contributed by atoms with Gasteiger partial charge in [0.15, 0.2) is 5.82 Å². The van der Waals surface area contributed by atoms with Gasteiger partial charge in [-0.05, 0) is 6.07 Å². The van der Waals surface area contributed by atoms with Crippen molar-refractivity contribution in [3.05, 3.63) is 24.7 Å². The van der Waals surface area contributed by atoms with Crippen molar-refractivity contribution >= 4 is 12.3 Å². The molecule has 0 saturated carbocycles. The molecule has 0 fully saturated rings. The summed E-state index contributed by atoms with van der Waals surface area (Å²) in [6.07, 6.45) is 6.46. The highest BCUT2D eigenvalue weighted by molar-refractivity contribution is 5.91. The number of hydrogen-bond donors (Lipinski definition) is 0. The van der Waals surface area contributed by atoms with Crippen LogP contribution >= 0.6 is 0 Å². The van der Waals surface area contributed by atoms with E-state index >= 15 is 0 Å². The third kappa shape index (κ3) is 1.27. The Hall–Kier alpha value is -2.51. The van der Waals surface area contributed by atoms with Crippen LogP contribution in [0.3, 0.4) is 0 Å². The lowest BCUT2D eigenvalue weighted by Gasteiger charge is -1.91. The molecule has 1 aliphatic rings. The number of aliphatic imine (C=N–C) groups is 1. The van der Waals surface area contributed by atoms with E-state index in [-0.39, 0.29) is 0 Å². The summed E-state index contributed by atoms with van der Waals surface area (Å²) in [7, 11) is 0. The number of rotatable bonds is 1. The SMILES string of the molecule is C1=NC(n2cc(-n3cccn3)nn2)=N[N]1. The monoisotopic (exact) mass is 201 g/mol. The normalized spacial score (nSPS) is 14.0. The van der Waals surface area contributed by atoms with E-state index in [0.717, 1.165) is 0 Å². The second-order valence-corrected chi connectivity index (χ2v) is 2.73. The van der Waals surface area contributed by atoms with Gasteiger partial charge in [0.05, 0.1) is 6.20 Å². The molecule has 0 unspecified atom stereocenters. The maximum Gasteiger partial charge on any atom is 0.273 e. The molecule has 3 rings (SSSR count). The molecular weight excluding hydrogens is 196 g/mol. The van der Waals surface area contributed by atoms with Crippen LogP contribution in [-0.4, -0.2) is 37.1 Å². The molecular formula is C7H5N8. The molecule has 2 aromatic rings. The molecule has 1 aliphatic heterocycles. The molecule has 0 aliphatic carbocycles. The van der Waals surface area contributed by atoms with Gasteiger partial charge >= 0.3 is 0 Å². The molecule has 8 nitrogen and oxygen atoms in total. The van der Waals surface area contributed by atoms with Gasteiger partial charge in [0.2, 0.25) is 0 Å². The lowest BCUT2D eigenvalue weighted by molar-refractivity contribution is 0.803. The molecule has 0 saturated heterocycles. The minimum Gasteiger partial charge on any atom is -0.220 e. The Morgan fingerprint density at radius 3 is 2.93 bits per heavy atom. The number of nitrogens with zero attached hydrogens (tertiary/aromatic N) is 8. The second-order valence-electron chi connectivity index (χ2n) is 2.73. The van der Waals surface area contributed by atoms with Crippen LogP contribution in [0.4, 0.5) is 0 Å². The van der Waals surface area contributed by atoms with Crippen molar-refractivity contribution in [3.8, 4) is 5.82 Å². The average Bonchev–Trinajstić information content (AvgIpc) is 3.02. The fraction of sp³-hybridized carbons (Fsp3) is 0. The Kier molecular flexibility index (Phi) is 1.58. The maximum absolute atomic E-state index is 4.03. The summed E-state index contributed by atoms with van der Waals surface area (Å²) < 4.78 is 3.03. The first-order valence-corrected chi connectivity index (χ1v) is 4.16. The van der Waals surface area contributed by atoms with Gasteiger partial charge in [-0.25, -0.2) is 4.68 Å². The van der Waals surface area contributed by atoms with Crippen LogP contribution in [0.1, 0.15) is 0 Å². The molecule has 0 atom stereocenters. The minimum absolute atomic E-state index is 0.390. The van der Waals surface area contributed by atoms with Gasteiger partial charge in [-0.2, -0.15) is 14.8 Å². The van der Waals surface area contributed by atoms with E-state index in [4.69, 9.17) is 0 Å². The van der Waals surface area contributed by atoms with E-state index in [1.54, 1.807) is 29.3 Å². The summed E-state index contributed by atoms with van der Waals surface area (Å²) in [6.45, 7) is 0.